The molecule has 0 aliphatic heterocycles. The monoisotopic (exact) mass is 249 g/mol. The lowest BCUT2D eigenvalue weighted by atomic mass is 10.3. The Morgan fingerprint density at radius 3 is 2.76 bits per heavy atom. The van der Waals surface area contributed by atoms with Gasteiger partial charge in [0.05, 0.1) is 5.02 Å². The summed E-state index contributed by atoms with van der Waals surface area (Å²) in [6.45, 7) is 0. The Labute approximate surface area is 101 Å². The smallest absolute Gasteiger partial charge is 0.256 e. The lowest BCUT2D eigenvalue weighted by molar-refractivity contribution is 0.456. The van der Waals surface area contributed by atoms with Crippen molar-refractivity contribution in [2.75, 3.05) is 0 Å². The Morgan fingerprint density at radius 2 is 2.06 bits per heavy atom. The van der Waals surface area contributed by atoms with Gasteiger partial charge in [-0.05, 0) is 18.2 Å². The number of nitriles is 1. The maximum Gasteiger partial charge on any atom is 0.256 e. The van der Waals surface area contributed by atoms with Gasteiger partial charge in [0.15, 0.2) is 0 Å². The van der Waals surface area contributed by atoms with Crippen molar-refractivity contribution in [3.05, 3.63) is 47.1 Å². The Morgan fingerprint density at radius 1 is 1.29 bits per heavy atom. The lowest BCUT2D eigenvalue weighted by Gasteiger charge is -2.06. The highest BCUT2D eigenvalue weighted by molar-refractivity contribution is 6.32. The van der Waals surface area contributed by atoms with Gasteiger partial charge in [0.25, 0.3) is 5.88 Å². The molecule has 1 aromatic carbocycles. The SMILES string of the molecule is N#Cc1nccnc1Oc1ccc(F)cc1Cl. The molecule has 0 radical (unpaired) electrons. The molecule has 0 aliphatic carbocycles. The summed E-state index contributed by atoms with van der Waals surface area (Å²) in [4.78, 5) is 7.62. The minimum absolute atomic E-state index is 0.0310. The van der Waals surface area contributed by atoms with Gasteiger partial charge in [0.2, 0.25) is 5.69 Å². The van der Waals surface area contributed by atoms with Gasteiger partial charge in [-0.15, -0.1) is 0 Å². The number of rotatable bonds is 2. The summed E-state index contributed by atoms with van der Waals surface area (Å²) in [5, 5.41) is 8.88. The van der Waals surface area contributed by atoms with Crippen molar-refractivity contribution in [3.63, 3.8) is 0 Å². The molecule has 0 unspecified atom stereocenters. The third kappa shape index (κ3) is 2.49. The Balaban J connectivity index is 2.35. The van der Waals surface area contributed by atoms with Crippen LogP contribution in [-0.4, -0.2) is 9.97 Å². The zero-order valence-corrected chi connectivity index (χ0v) is 9.15. The van der Waals surface area contributed by atoms with Crippen LogP contribution in [0.3, 0.4) is 0 Å². The molecule has 0 fully saturated rings. The maximum atomic E-state index is 12.8. The average Bonchev–Trinajstić information content (AvgIpc) is 2.33. The topological polar surface area (TPSA) is 58.8 Å². The van der Waals surface area contributed by atoms with Crippen LogP contribution in [0.4, 0.5) is 4.39 Å². The number of benzene rings is 1. The first kappa shape index (κ1) is 11.3. The molecule has 0 amide bonds. The molecule has 6 heteroatoms. The van der Waals surface area contributed by atoms with Crippen molar-refractivity contribution in [1.82, 2.24) is 9.97 Å². The van der Waals surface area contributed by atoms with Gasteiger partial charge in [-0.1, -0.05) is 11.6 Å². The van der Waals surface area contributed by atoms with Crippen molar-refractivity contribution in [2.24, 2.45) is 0 Å². The van der Waals surface area contributed by atoms with E-state index in [1.54, 1.807) is 0 Å². The number of halogens is 2. The van der Waals surface area contributed by atoms with Crippen LogP contribution in [-0.2, 0) is 0 Å². The fourth-order valence-corrected chi connectivity index (χ4v) is 1.34. The first-order valence-electron chi connectivity index (χ1n) is 4.54. The van der Waals surface area contributed by atoms with Crippen LogP contribution in [0.1, 0.15) is 5.69 Å². The van der Waals surface area contributed by atoms with Gasteiger partial charge < -0.3 is 4.74 Å². The van der Waals surface area contributed by atoms with E-state index in [9.17, 15) is 4.39 Å². The highest BCUT2D eigenvalue weighted by Gasteiger charge is 2.09. The van der Waals surface area contributed by atoms with E-state index >= 15 is 0 Å². The summed E-state index contributed by atoms with van der Waals surface area (Å²) in [6.07, 6.45) is 2.76. The molecule has 1 heterocycles. The third-order valence-electron chi connectivity index (χ3n) is 1.87. The van der Waals surface area contributed by atoms with Crippen LogP contribution in [0.25, 0.3) is 0 Å². The number of hydrogen-bond donors (Lipinski definition) is 0. The zero-order valence-electron chi connectivity index (χ0n) is 8.39. The molecule has 0 aliphatic rings. The molecule has 2 rings (SSSR count). The van der Waals surface area contributed by atoms with Crippen molar-refractivity contribution < 1.29 is 9.13 Å². The van der Waals surface area contributed by atoms with Gasteiger partial charge in [-0.25, -0.2) is 14.4 Å². The van der Waals surface area contributed by atoms with E-state index in [0.717, 1.165) is 6.07 Å². The number of hydrogen-bond acceptors (Lipinski definition) is 4. The Bertz CT molecular complexity index is 598. The minimum Gasteiger partial charge on any atom is -0.435 e. The molecule has 17 heavy (non-hydrogen) atoms. The summed E-state index contributed by atoms with van der Waals surface area (Å²) in [7, 11) is 0. The van der Waals surface area contributed by atoms with Crippen molar-refractivity contribution in [1.29, 1.82) is 5.26 Å². The third-order valence-corrected chi connectivity index (χ3v) is 2.17. The van der Waals surface area contributed by atoms with Crippen molar-refractivity contribution >= 4 is 11.6 Å². The molecule has 1 aromatic heterocycles. The summed E-state index contributed by atoms with van der Waals surface area (Å²) in [5.74, 6) is -0.226. The molecule has 2 aromatic rings. The molecule has 0 bridgehead atoms. The second kappa shape index (κ2) is 4.76. The van der Waals surface area contributed by atoms with Gasteiger partial charge in [0.1, 0.15) is 17.6 Å². The molecule has 0 atom stereocenters. The Hall–Kier alpha value is -2.19. The highest BCUT2D eigenvalue weighted by Crippen LogP contribution is 2.29. The fraction of sp³-hybridized carbons (Fsp3) is 0. The first-order chi connectivity index (χ1) is 8.20. The molecular weight excluding hydrogens is 245 g/mol. The van der Waals surface area contributed by atoms with E-state index in [0.29, 0.717) is 0 Å². The predicted molar refractivity (Wildman–Crippen MR) is 58.2 cm³/mol. The second-order valence-electron chi connectivity index (χ2n) is 3.00. The van der Waals surface area contributed by atoms with Crippen molar-refractivity contribution in [2.45, 2.75) is 0 Å². The summed E-state index contributed by atoms with van der Waals surface area (Å²) >= 11 is 5.78. The van der Waals surface area contributed by atoms with E-state index < -0.39 is 5.82 Å². The van der Waals surface area contributed by atoms with Crippen LogP contribution < -0.4 is 4.74 Å². The van der Waals surface area contributed by atoms with E-state index in [4.69, 9.17) is 21.6 Å². The van der Waals surface area contributed by atoms with Crippen LogP contribution in [0.2, 0.25) is 5.02 Å². The summed E-state index contributed by atoms with van der Waals surface area (Å²) in [6, 6.07) is 5.49. The van der Waals surface area contributed by atoms with Crippen LogP contribution in [0, 0.1) is 17.1 Å². The fourth-order valence-electron chi connectivity index (χ4n) is 1.14. The minimum atomic E-state index is -0.470. The molecule has 0 saturated carbocycles. The molecule has 0 spiro atoms. The van der Waals surface area contributed by atoms with Crippen LogP contribution >= 0.6 is 11.6 Å². The molecule has 0 saturated heterocycles. The van der Waals surface area contributed by atoms with E-state index in [1.165, 1.54) is 24.5 Å². The zero-order chi connectivity index (χ0) is 12.3. The lowest BCUT2D eigenvalue weighted by Crippen LogP contribution is -1.94. The van der Waals surface area contributed by atoms with Crippen LogP contribution in [0.5, 0.6) is 11.6 Å². The van der Waals surface area contributed by atoms with Gasteiger partial charge in [-0.2, -0.15) is 5.26 Å². The highest BCUT2D eigenvalue weighted by atomic mass is 35.5. The molecule has 84 valence electrons. The van der Waals surface area contributed by atoms with Gasteiger partial charge >= 0.3 is 0 Å². The first-order valence-corrected chi connectivity index (χ1v) is 4.92. The molecule has 0 N–H and O–H groups in total. The number of nitrogens with zero attached hydrogens (tertiary/aromatic N) is 3. The standard InChI is InChI=1S/C11H5ClFN3O/c12-8-5-7(13)1-2-10(8)17-11-9(6-14)15-3-4-16-11/h1-5H. The van der Waals surface area contributed by atoms with E-state index in [2.05, 4.69) is 9.97 Å². The van der Waals surface area contributed by atoms with Gasteiger partial charge in [0, 0.05) is 12.4 Å². The summed E-state index contributed by atoms with van der Waals surface area (Å²) in [5.41, 5.74) is 0.0351. The quantitative estimate of drug-likeness (QED) is 0.821. The summed E-state index contributed by atoms with van der Waals surface area (Å²) < 4.78 is 18.1. The van der Waals surface area contributed by atoms with E-state index in [1.807, 2.05) is 6.07 Å². The average molecular weight is 250 g/mol. The van der Waals surface area contributed by atoms with Crippen LogP contribution in [0.15, 0.2) is 30.6 Å². The molecular formula is C11H5ClFN3O. The molecule has 4 nitrogen and oxygen atoms in total. The second-order valence-corrected chi connectivity index (χ2v) is 3.41. The Kier molecular flexibility index (Phi) is 3.17. The predicted octanol–water partition coefficient (Wildman–Crippen LogP) is 2.93. The number of aromatic nitrogens is 2. The van der Waals surface area contributed by atoms with Crippen molar-refractivity contribution in [3.8, 4) is 17.7 Å². The van der Waals surface area contributed by atoms with E-state index in [-0.39, 0.29) is 22.3 Å². The largest absolute Gasteiger partial charge is 0.435 e. The van der Waals surface area contributed by atoms with Gasteiger partial charge in [-0.3, -0.25) is 0 Å². The normalized spacial score (nSPS) is 9.71. The number of ether oxygens (including phenoxy) is 1. The maximum absolute atomic E-state index is 12.8.